The maximum absolute atomic E-state index is 4.29. The molecule has 1 rings (SSSR count). The van der Waals surface area contributed by atoms with Crippen molar-refractivity contribution in [2.45, 2.75) is 26.9 Å². The van der Waals surface area contributed by atoms with Crippen LogP contribution in [0.25, 0.3) is 0 Å². The van der Waals surface area contributed by atoms with Crippen molar-refractivity contribution in [3.05, 3.63) is 0 Å². The first kappa shape index (κ1) is 7.25. The molecule has 1 heterocycles. The summed E-state index contributed by atoms with van der Waals surface area (Å²) in [6.07, 6.45) is 1.81. The highest BCUT2D eigenvalue weighted by atomic mass is 15.2. The zero-order valence-electron chi connectivity index (χ0n) is 6.63. The molecule has 1 aliphatic rings. The van der Waals surface area contributed by atoms with E-state index in [0.29, 0.717) is 5.92 Å². The summed E-state index contributed by atoms with van der Waals surface area (Å²) in [5.41, 5.74) is 0. The Morgan fingerprint density at radius 3 is 2.70 bits per heavy atom. The van der Waals surface area contributed by atoms with E-state index in [4.69, 9.17) is 0 Å². The van der Waals surface area contributed by atoms with Gasteiger partial charge < -0.3 is 5.32 Å². The number of amidine groups is 1. The molecule has 10 heavy (non-hydrogen) atoms. The SMILES string of the molecule is CC(C)C1=N[C@H](C)N=CN1. The molecular weight excluding hydrogens is 126 g/mol. The molecular formula is C7H13N3. The number of rotatable bonds is 1. The summed E-state index contributed by atoms with van der Waals surface area (Å²) >= 11 is 0. The lowest BCUT2D eigenvalue weighted by Crippen LogP contribution is -2.31. The third kappa shape index (κ3) is 1.56. The zero-order chi connectivity index (χ0) is 7.56. The molecule has 1 atom stereocenters. The smallest absolute Gasteiger partial charge is 0.140 e. The summed E-state index contributed by atoms with van der Waals surface area (Å²) in [5.74, 6) is 1.50. The minimum atomic E-state index is 0.0960. The van der Waals surface area contributed by atoms with E-state index in [-0.39, 0.29) is 6.17 Å². The molecule has 3 heteroatoms. The van der Waals surface area contributed by atoms with Crippen molar-refractivity contribution in [3.8, 4) is 0 Å². The largest absolute Gasteiger partial charge is 0.335 e. The van der Waals surface area contributed by atoms with Crippen molar-refractivity contribution in [3.63, 3.8) is 0 Å². The molecule has 0 saturated heterocycles. The summed E-state index contributed by atoms with van der Waals surface area (Å²) in [4.78, 5) is 8.33. The fraction of sp³-hybridized carbons (Fsp3) is 0.714. The second-order valence-electron chi connectivity index (χ2n) is 2.72. The summed E-state index contributed by atoms with van der Waals surface area (Å²) in [7, 11) is 0. The highest BCUT2D eigenvalue weighted by molar-refractivity contribution is 5.94. The molecule has 0 aliphatic carbocycles. The lowest BCUT2D eigenvalue weighted by Gasteiger charge is -2.15. The Balaban J connectivity index is 2.62. The monoisotopic (exact) mass is 139 g/mol. The average molecular weight is 139 g/mol. The first-order valence-electron chi connectivity index (χ1n) is 3.56. The van der Waals surface area contributed by atoms with Gasteiger partial charge in [0.15, 0.2) is 0 Å². The Hall–Kier alpha value is -0.860. The molecule has 3 nitrogen and oxygen atoms in total. The minimum Gasteiger partial charge on any atom is -0.335 e. The molecule has 0 aromatic heterocycles. The third-order valence-electron chi connectivity index (χ3n) is 1.38. The first-order chi connectivity index (χ1) is 4.70. The van der Waals surface area contributed by atoms with Gasteiger partial charge in [0.2, 0.25) is 0 Å². The topological polar surface area (TPSA) is 36.8 Å². The molecule has 0 saturated carbocycles. The molecule has 0 radical (unpaired) electrons. The fourth-order valence-electron chi connectivity index (χ4n) is 0.799. The van der Waals surface area contributed by atoms with Crippen LogP contribution in [-0.4, -0.2) is 18.3 Å². The summed E-state index contributed by atoms with van der Waals surface area (Å²) in [5, 5.41) is 3.01. The quantitative estimate of drug-likeness (QED) is 0.578. The normalized spacial score (nSPS) is 24.4. The van der Waals surface area contributed by atoms with Gasteiger partial charge in [0, 0.05) is 5.92 Å². The summed E-state index contributed by atoms with van der Waals surface area (Å²) < 4.78 is 0. The van der Waals surface area contributed by atoms with E-state index < -0.39 is 0 Å². The van der Waals surface area contributed by atoms with Gasteiger partial charge in [-0.2, -0.15) is 0 Å². The molecule has 0 aromatic rings. The van der Waals surface area contributed by atoms with Crippen molar-refractivity contribution in [2.24, 2.45) is 15.9 Å². The van der Waals surface area contributed by atoms with Crippen LogP contribution in [0.5, 0.6) is 0 Å². The van der Waals surface area contributed by atoms with Crippen molar-refractivity contribution >= 4 is 12.2 Å². The van der Waals surface area contributed by atoms with E-state index >= 15 is 0 Å². The predicted octanol–water partition coefficient (Wildman–Crippen LogP) is 1.02. The first-order valence-corrected chi connectivity index (χ1v) is 3.56. The molecule has 0 spiro atoms. The van der Waals surface area contributed by atoms with Crippen molar-refractivity contribution in [1.29, 1.82) is 0 Å². The van der Waals surface area contributed by atoms with E-state index in [1.165, 1.54) is 0 Å². The number of nitrogens with zero attached hydrogens (tertiary/aromatic N) is 2. The molecule has 0 bridgehead atoms. The van der Waals surface area contributed by atoms with Crippen LogP contribution in [-0.2, 0) is 0 Å². The van der Waals surface area contributed by atoms with Crippen LogP contribution in [0.3, 0.4) is 0 Å². The molecule has 0 aromatic carbocycles. The van der Waals surface area contributed by atoms with E-state index in [1.54, 1.807) is 6.34 Å². The van der Waals surface area contributed by atoms with Crippen LogP contribution in [0.2, 0.25) is 0 Å². The Morgan fingerprint density at radius 2 is 2.30 bits per heavy atom. The van der Waals surface area contributed by atoms with Crippen molar-refractivity contribution in [1.82, 2.24) is 5.32 Å². The Bertz CT molecular complexity index is 170. The summed E-state index contributed by atoms with van der Waals surface area (Å²) in [6.45, 7) is 6.19. The molecule has 0 unspecified atom stereocenters. The lowest BCUT2D eigenvalue weighted by molar-refractivity contribution is 0.739. The highest BCUT2D eigenvalue weighted by Gasteiger charge is 2.08. The minimum absolute atomic E-state index is 0.0960. The molecule has 0 fully saturated rings. The second-order valence-corrected chi connectivity index (χ2v) is 2.72. The summed E-state index contributed by atoms with van der Waals surface area (Å²) in [6, 6.07) is 0. The molecule has 0 amide bonds. The standard InChI is InChI=1S/C7H13N3/c1-5(2)7-9-4-8-6(3)10-7/h4-6H,1-3H3,(H,8,9,10)/t6-/m1/s1. The van der Waals surface area contributed by atoms with Crippen LogP contribution in [0.15, 0.2) is 9.98 Å². The maximum atomic E-state index is 4.29. The predicted molar refractivity (Wildman–Crippen MR) is 43.4 cm³/mol. The maximum Gasteiger partial charge on any atom is 0.140 e. The van der Waals surface area contributed by atoms with Gasteiger partial charge in [0.1, 0.15) is 12.0 Å². The molecule has 1 N–H and O–H groups in total. The molecule has 56 valence electrons. The average Bonchev–Trinajstić information content (AvgIpc) is 1.88. The van der Waals surface area contributed by atoms with Gasteiger partial charge >= 0.3 is 0 Å². The number of aliphatic imine (C=N–C) groups is 2. The van der Waals surface area contributed by atoms with Crippen LogP contribution in [0.4, 0.5) is 0 Å². The van der Waals surface area contributed by atoms with Crippen molar-refractivity contribution in [2.75, 3.05) is 0 Å². The second kappa shape index (κ2) is 2.82. The third-order valence-corrected chi connectivity index (χ3v) is 1.38. The fourth-order valence-corrected chi connectivity index (χ4v) is 0.799. The number of hydrogen-bond acceptors (Lipinski definition) is 3. The Kier molecular flexibility index (Phi) is 2.04. The van der Waals surface area contributed by atoms with E-state index in [2.05, 4.69) is 29.1 Å². The van der Waals surface area contributed by atoms with Crippen LogP contribution in [0, 0.1) is 5.92 Å². The number of hydrogen-bond donors (Lipinski definition) is 1. The van der Waals surface area contributed by atoms with E-state index in [1.807, 2.05) is 6.92 Å². The van der Waals surface area contributed by atoms with Crippen molar-refractivity contribution < 1.29 is 0 Å². The van der Waals surface area contributed by atoms with Gasteiger partial charge in [-0.25, -0.2) is 9.98 Å². The van der Waals surface area contributed by atoms with Crippen LogP contribution < -0.4 is 5.32 Å². The van der Waals surface area contributed by atoms with E-state index in [0.717, 1.165) is 5.84 Å². The van der Waals surface area contributed by atoms with Crippen LogP contribution >= 0.6 is 0 Å². The van der Waals surface area contributed by atoms with Gasteiger partial charge in [-0.3, -0.25) is 0 Å². The van der Waals surface area contributed by atoms with Gasteiger partial charge in [-0.15, -0.1) is 0 Å². The lowest BCUT2D eigenvalue weighted by atomic mass is 10.2. The highest BCUT2D eigenvalue weighted by Crippen LogP contribution is 2.01. The van der Waals surface area contributed by atoms with Gasteiger partial charge in [0.05, 0.1) is 6.34 Å². The van der Waals surface area contributed by atoms with Gasteiger partial charge in [-0.1, -0.05) is 13.8 Å². The zero-order valence-corrected chi connectivity index (χ0v) is 6.63. The Morgan fingerprint density at radius 1 is 1.60 bits per heavy atom. The van der Waals surface area contributed by atoms with Gasteiger partial charge in [-0.05, 0) is 6.92 Å². The number of nitrogens with one attached hydrogen (secondary N) is 1. The van der Waals surface area contributed by atoms with E-state index in [9.17, 15) is 0 Å². The Labute approximate surface area is 61.3 Å². The molecule has 1 aliphatic heterocycles. The van der Waals surface area contributed by atoms with Crippen LogP contribution in [0.1, 0.15) is 20.8 Å². The van der Waals surface area contributed by atoms with Gasteiger partial charge in [0.25, 0.3) is 0 Å².